The largest absolute Gasteiger partial charge is 0.339 e. The van der Waals surface area contributed by atoms with Crippen molar-refractivity contribution in [2.45, 2.75) is 39.0 Å². The van der Waals surface area contributed by atoms with Gasteiger partial charge in [0, 0.05) is 18.9 Å². The van der Waals surface area contributed by atoms with Gasteiger partial charge in [0.25, 0.3) is 0 Å². The lowest BCUT2D eigenvalue weighted by atomic mass is 10.1. The van der Waals surface area contributed by atoms with E-state index >= 15 is 0 Å². The van der Waals surface area contributed by atoms with Crippen LogP contribution in [0.2, 0.25) is 0 Å². The van der Waals surface area contributed by atoms with Gasteiger partial charge in [0.1, 0.15) is 0 Å². The van der Waals surface area contributed by atoms with Gasteiger partial charge < -0.3 is 9.84 Å². The molecule has 2 rings (SSSR count). The van der Waals surface area contributed by atoms with Crippen LogP contribution in [0.25, 0.3) is 0 Å². The Labute approximate surface area is 90.4 Å². The molecule has 4 heteroatoms. The van der Waals surface area contributed by atoms with E-state index in [9.17, 15) is 0 Å². The van der Waals surface area contributed by atoms with E-state index in [4.69, 9.17) is 4.52 Å². The highest BCUT2D eigenvalue weighted by molar-refractivity contribution is 4.99. The highest BCUT2D eigenvalue weighted by Gasteiger charge is 2.21. The molecule has 1 aromatic heterocycles. The van der Waals surface area contributed by atoms with Crippen molar-refractivity contribution in [2.24, 2.45) is 5.92 Å². The second-order valence-electron chi connectivity index (χ2n) is 4.67. The maximum absolute atomic E-state index is 5.24. The molecular formula is C11H19N3O. The molecule has 0 spiro atoms. The lowest BCUT2D eigenvalue weighted by Gasteiger charge is -2.00. The van der Waals surface area contributed by atoms with Gasteiger partial charge in [-0.15, -0.1) is 0 Å². The molecule has 1 aliphatic heterocycles. The van der Waals surface area contributed by atoms with Crippen molar-refractivity contribution >= 4 is 0 Å². The van der Waals surface area contributed by atoms with Crippen molar-refractivity contribution in [2.75, 3.05) is 13.1 Å². The first-order valence-electron chi connectivity index (χ1n) is 5.79. The zero-order chi connectivity index (χ0) is 10.7. The highest BCUT2D eigenvalue weighted by Crippen LogP contribution is 2.19. The average Bonchev–Trinajstić information content (AvgIpc) is 2.85. The van der Waals surface area contributed by atoms with Gasteiger partial charge in [-0.2, -0.15) is 4.98 Å². The van der Waals surface area contributed by atoms with Gasteiger partial charge in [-0.05, 0) is 25.3 Å². The summed E-state index contributed by atoms with van der Waals surface area (Å²) in [7, 11) is 0. The molecule has 1 aliphatic rings. The molecule has 1 aromatic rings. The number of aryl methyl sites for hydroxylation is 1. The number of aromatic nitrogens is 2. The van der Waals surface area contributed by atoms with Crippen LogP contribution in [0.15, 0.2) is 4.52 Å². The molecule has 0 aromatic carbocycles. The minimum Gasteiger partial charge on any atom is -0.339 e. The molecule has 0 saturated carbocycles. The van der Waals surface area contributed by atoms with Gasteiger partial charge in [0.2, 0.25) is 5.89 Å². The first-order chi connectivity index (χ1) is 7.25. The second-order valence-corrected chi connectivity index (χ2v) is 4.67. The van der Waals surface area contributed by atoms with E-state index in [1.165, 1.54) is 0 Å². The van der Waals surface area contributed by atoms with Crippen molar-refractivity contribution in [1.82, 2.24) is 15.5 Å². The molecule has 1 N–H and O–H groups in total. The Morgan fingerprint density at radius 1 is 1.53 bits per heavy atom. The van der Waals surface area contributed by atoms with Crippen LogP contribution >= 0.6 is 0 Å². The average molecular weight is 209 g/mol. The first kappa shape index (κ1) is 10.6. The van der Waals surface area contributed by atoms with Crippen LogP contribution in [0.5, 0.6) is 0 Å². The Morgan fingerprint density at radius 3 is 3.07 bits per heavy atom. The van der Waals surface area contributed by atoms with Crippen molar-refractivity contribution < 1.29 is 4.52 Å². The highest BCUT2D eigenvalue weighted by atomic mass is 16.5. The summed E-state index contributed by atoms with van der Waals surface area (Å²) < 4.78 is 5.24. The first-order valence-corrected chi connectivity index (χ1v) is 5.79. The fourth-order valence-corrected chi connectivity index (χ4v) is 1.82. The van der Waals surface area contributed by atoms with Gasteiger partial charge in [0.05, 0.1) is 0 Å². The molecular weight excluding hydrogens is 190 g/mol. The molecule has 2 heterocycles. The molecule has 1 fully saturated rings. The zero-order valence-corrected chi connectivity index (χ0v) is 9.49. The SMILES string of the molecule is CC(C)CCc1nc(C2CCNC2)no1. The molecule has 15 heavy (non-hydrogen) atoms. The molecule has 1 atom stereocenters. The van der Waals surface area contributed by atoms with E-state index < -0.39 is 0 Å². The molecule has 0 amide bonds. The van der Waals surface area contributed by atoms with Crippen molar-refractivity contribution in [1.29, 1.82) is 0 Å². The van der Waals surface area contributed by atoms with Crippen LogP contribution in [-0.4, -0.2) is 23.2 Å². The smallest absolute Gasteiger partial charge is 0.226 e. The molecule has 0 radical (unpaired) electrons. The number of hydrogen-bond donors (Lipinski definition) is 1. The molecule has 0 bridgehead atoms. The topological polar surface area (TPSA) is 51.0 Å². The number of hydrogen-bond acceptors (Lipinski definition) is 4. The van der Waals surface area contributed by atoms with Crippen molar-refractivity contribution in [3.63, 3.8) is 0 Å². The van der Waals surface area contributed by atoms with E-state index in [0.717, 1.165) is 44.1 Å². The normalized spacial score (nSPS) is 21.4. The van der Waals surface area contributed by atoms with E-state index in [1.807, 2.05) is 0 Å². The Morgan fingerprint density at radius 2 is 2.40 bits per heavy atom. The summed E-state index contributed by atoms with van der Waals surface area (Å²) in [5.74, 6) is 2.83. The fourth-order valence-electron chi connectivity index (χ4n) is 1.82. The number of rotatable bonds is 4. The molecule has 4 nitrogen and oxygen atoms in total. The van der Waals surface area contributed by atoms with Gasteiger partial charge in [0.15, 0.2) is 5.82 Å². The van der Waals surface area contributed by atoms with Gasteiger partial charge in [-0.1, -0.05) is 19.0 Å². The summed E-state index contributed by atoms with van der Waals surface area (Å²) in [5.41, 5.74) is 0. The third-order valence-corrected chi connectivity index (χ3v) is 2.84. The van der Waals surface area contributed by atoms with Crippen molar-refractivity contribution in [3.05, 3.63) is 11.7 Å². The summed E-state index contributed by atoms with van der Waals surface area (Å²) >= 11 is 0. The van der Waals surface area contributed by atoms with Crippen LogP contribution in [0.3, 0.4) is 0 Å². The fraction of sp³-hybridized carbons (Fsp3) is 0.818. The van der Waals surface area contributed by atoms with Crippen LogP contribution in [0.1, 0.15) is 44.3 Å². The monoisotopic (exact) mass is 209 g/mol. The van der Waals surface area contributed by atoms with Crippen LogP contribution < -0.4 is 5.32 Å². The summed E-state index contributed by atoms with van der Waals surface area (Å²) in [5, 5.41) is 7.36. The minimum absolute atomic E-state index is 0.460. The number of nitrogens with zero attached hydrogens (tertiary/aromatic N) is 2. The Hall–Kier alpha value is -0.900. The Kier molecular flexibility index (Phi) is 3.36. The zero-order valence-electron chi connectivity index (χ0n) is 9.49. The maximum Gasteiger partial charge on any atom is 0.226 e. The molecule has 1 saturated heterocycles. The van der Waals surface area contributed by atoms with Crippen LogP contribution in [0.4, 0.5) is 0 Å². The lowest BCUT2D eigenvalue weighted by molar-refractivity contribution is 0.361. The predicted octanol–water partition coefficient (Wildman–Crippen LogP) is 1.74. The van der Waals surface area contributed by atoms with E-state index in [-0.39, 0.29) is 0 Å². The lowest BCUT2D eigenvalue weighted by Crippen LogP contribution is -2.08. The van der Waals surface area contributed by atoms with E-state index in [1.54, 1.807) is 0 Å². The minimum atomic E-state index is 0.460. The summed E-state index contributed by atoms with van der Waals surface area (Å²) in [6.45, 7) is 6.47. The van der Waals surface area contributed by atoms with Gasteiger partial charge >= 0.3 is 0 Å². The molecule has 0 aliphatic carbocycles. The van der Waals surface area contributed by atoms with E-state index in [0.29, 0.717) is 11.8 Å². The number of nitrogens with one attached hydrogen (secondary N) is 1. The third-order valence-electron chi connectivity index (χ3n) is 2.84. The third kappa shape index (κ3) is 2.78. The van der Waals surface area contributed by atoms with E-state index in [2.05, 4.69) is 29.3 Å². The molecule has 1 unspecified atom stereocenters. The quantitative estimate of drug-likeness (QED) is 0.820. The summed E-state index contributed by atoms with van der Waals surface area (Å²) in [6.07, 6.45) is 3.15. The molecule has 84 valence electrons. The standard InChI is InChI=1S/C11H19N3O/c1-8(2)3-4-10-13-11(14-15-10)9-5-6-12-7-9/h8-9,12H,3-7H2,1-2H3. The van der Waals surface area contributed by atoms with Gasteiger partial charge in [-0.25, -0.2) is 0 Å². The Bertz CT molecular complexity index is 303. The second kappa shape index (κ2) is 4.75. The maximum atomic E-state index is 5.24. The summed E-state index contributed by atoms with van der Waals surface area (Å²) in [6, 6.07) is 0. The van der Waals surface area contributed by atoms with Crippen molar-refractivity contribution in [3.8, 4) is 0 Å². The van der Waals surface area contributed by atoms with Crippen LogP contribution in [0, 0.1) is 5.92 Å². The van der Waals surface area contributed by atoms with Crippen LogP contribution in [-0.2, 0) is 6.42 Å². The predicted molar refractivity (Wildman–Crippen MR) is 57.7 cm³/mol. The Balaban J connectivity index is 1.91. The van der Waals surface area contributed by atoms with Gasteiger partial charge in [-0.3, -0.25) is 0 Å². The summed E-state index contributed by atoms with van der Waals surface area (Å²) in [4.78, 5) is 4.45.